The summed E-state index contributed by atoms with van der Waals surface area (Å²) in [5.41, 5.74) is 0.929. The molecule has 2 aromatic carbocycles. The predicted octanol–water partition coefficient (Wildman–Crippen LogP) is 2.93. The number of nitrogens with one attached hydrogen (secondary N) is 2. The van der Waals surface area contributed by atoms with Crippen LogP contribution in [0.1, 0.15) is 19.4 Å². The van der Waals surface area contributed by atoms with E-state index in [0.717, 1.165) is 41.1 Å². The Balaban J connectivity index is 1.76. The van der Waals surface area contributed by atoms with E-state index in [1.54, 1.807) is 11.3 Å². The minimum Gasteiger partial charge on any atom is -0.478 e. The lowest BCUT2D eigenvalue weighted by molar-refractivity contribution is -0.109. The molecule has 1 amide bonds. The molecule has 0 spiro atoms. The van der Waals surface area contributed by atoms with Crippen LogP contribution in [0.15, 0.2) is 41.2 Å². The number of hydrogen-bond acceptors (Lipinski definition) is 6. The van der Waals surface area contributed by atoms with Crippen molar-refractivity contribution in [2.75, 3.05) is 32.9 Å². The summed E-state index contributed by atoms with van der Waals surface area (Å²) in [6, 6.07) is 11.3. The maximum absolute atomic E-state index is 13.0. The Bertz CT molecular complexity index is 1030. The van der Waals surface area contributed by atoms with Gasteiger partial charge in [0.05, 0.1) is 0 Å². The number of rotatable bonds is 11. The summed E-state index contributed by atoms with van der Waals surface area (Å²) < 4.78 is 7.61. The quantitative estimate of drug-likeness (QED) is 0.219. The average molecular weight is 414 g/mol. The van der Waals surface area contributed by atoms with E-state index in [9.17, 15) is 9.59 Å². The zero-order chi connectivity index (χ0) is 20.6. The van der Waals surface area contributed by atoms with Gasteiger partial charge in [-0.3, -0.25) is 14.9 Å². The van der Waals surface area contributed by atoms with E-state index in [2.05, 4.69) is 29.4 Å². The molecule has 0 fully saturated rings. The van der Waals surface area contributed by atoms with Crippen molar-refractivity contribution in [3.8, 4) is 5.75 Å². The van der Waals surface area contributed by atoms with Crippen LogP contribution in [0.5, 0.6) is 5.75 Å². The molecular formula is C22H27N3O3S. The van der Waals surface area contributed by atoms with Crippen molar-refractivity contribution in [1.29, 1.82) is 0 Å². The van der Waals surface area contributed by atoms with Crippen LogP contribution in [-0.2, 0) is 11.3 Å². The summed E-state index contributed by atoms with van der Waals surface area (Å²) in [7, 11) is 0. The van der Waals surface area contributed by atoms with E-state index in [-0.39, 0.29) is 5.43 Å². The van der Waals surface area contributed by atoms with Crippen LogP contribution in [-0.4, -0.2) is 44.2 Å². The van der Waals surface area contributed by atoms with Gasteiger partial charge in [0.1, 0.15) is 12.5 Å². The summed E-state index contributed by atoms with van der Waals surface area (Å²) in [6.07, 6.45) is 0.669. The SMILES string of the molecule is CCN(CC)CCNCOc1ccc2sc3c(CNC=O)cccc3c(=O)c2c1. The Hall–Kier alpha value is -2.48. The molecule has 6 nitrogen and oxygen atoms in total. The minimum atomic E-state index is -0.0124. The van der Waals surface area contributed by atoms with Crippen molar-refractivity contribution in [3.63, 3.8) is 0 Å². The first-order valence-electron chi connectivity index (χ1n) is 9.89. The molecule has 1 heterocycles. The second-order valence-corrected chi connectivity index (χ2v) is 7.75. The molecule has 0 bridgehead atoms. The number of hydrogen-bond donors (Lipinski definition) is 2. The summed E-state index contributed by atoms with van der Waals surface area (Å²) in [5.74, 6) is 0.676. The van der Waals surface area contributed by atoms with Gasteiger partial charge in [0.25, 0.3) is 0 Å². The fourth-order valence-corrected chi connectivity index (χ4v) is 4.44. The van der Waals surface area contributed by atoms with Crippen LogP contribution >= 0.6 is 11.3 Å². The van der Waals surface area contributed by atoms with Crippen LogP contribution in [0, 0.1) is 0 Å². The van der Waals surface area contributed by atoms with Crippen LogP contribution in [0.3, 0.4) is 0 Å². The van der Waals surface area contributed by atoms with Gasteiger partial charge in [0.2, 0.25) is 6.41 Å². The van der Waals surface area contributed by atoms with E-state index in [4.69, 9.17) is 4.74 Å². The molecule has 3 aromatic rings. The van der Waals surface area contributed by atoms with E-state index < -0.39 is 0 Å². The summed E-state index contributed by atoms with van der Waals surface area (Å²) >= 11 is 1.56. The number of amides is 1. The Labute approximate surface area is 174 Å². The second-order valence-electron chi connectivity index (χ2n) is 6.70. The third kappa shape index (κ3) is 5.12. The fourth-order valence-electron chi connectivity index (χ4n) is 3.28. The largest absolute Gasteiger partial charge is 0.478 e. The van der Waals surface area contributed by atoms with Crippen molar-refractivity contribution in [1.82, 2.24) is 15.5 Å². The maximum atomic E-state index is 13.0. The molecule has 7 heteroatoms. The standard InChI is InChI=1S/C22H27N3O3S/c1-3-25(4-2)11-10-23-15-28-17-8-9-20-19(12-17)21(27)18-7-5-6-16(13-24-14-26)22(18)29-20/h5-9,12,14,23H,3-4,10-11,13,15H2,1-2H3,(H,24,26). The molecule has 0 radical (unpaired) electrons. The zero-order valence-electron chi connectivity index (χ0n) is 16.9. The molecule has 0 saturated heterocycles. The molecule has 0 atom stereocenters. The molecular weight excluding hydrogens is 386 g/mol. The maximum Gasteiger partial charge on any atom is 0.207 e. The summed E-state index contributed by atoms with van der Waals surface area (Å²) in [4.78, 5) is 26.0. The number of carbonyl (C=O) groups excluding carboxylic acids is 1. The lowest BCUT2D eigenvalue weighted by atomic mass is 10.1. The average Bonchev–Trinajstić information content (AvgIpc) is 2.75. The van der Waals surface area contributed by atoms with Gasteiger partial charge in [0.15, 0.2) is 5.43 Å². The summed E-state index contributed by atoms with van der Waals surface area (Å²) in [6.45, 7) is 9.03. The van der Waals surface area contributed by atoms with E-state index in [1.165, 1.54) is 0 Å². The van der Waals surface area contributed by atoms with Crippen molar-refractivity contribution in [2.45, 2.75) is 20.4 Å². The fraction of sp³-hybridized carbons (Fsp3) is 0.364. The highest BCUT2D eigenvalue weighted by atomic mass is 32.1. The number of benzene rings is 2. The van der Waals surface area contributed by atoms with Crippen LogP contribution in [0.4, 0.5) is 0 Å². The van der Waals surface area contributed by atoms with E-state index >= 15 is 0 Å². The van der Waals surface area contributed by atoms with Crippen molar-refractivity contribution < 1.29 is 9.53 Å². The molecule has 1 aromatic heterocycles. The van der Waals surface area contributed by atoms with Crippen molar-refractivity contribution >= 4 is 37.9 Å². The normalized spacial score (nSPS) is 11.3. The van der Waals surface area contributed by atoms with Crippen molar-refractivity contribution in [2.24, 2.45) is 0 Å². The van der Waals surface area contributed by atoms with E-state index in [1.807, 2.05) is 36.4 Å². The van der Waals surface area contributed by atoms with Crippen LogP contribution < -0.4 is 20.8 Å². The first-order chi connectivity index (χ1) is 14.2. The molecule has 0 aliphatic carbocycles. The van der Waals surface area contributed by atoms with Gasteiger partial charge < -0.3 is 15.0 Å². The highest BCUT2D eigenvalue weighted by Crippen LogP contribution is 2.29. The minimum absolute atomic E-state index is 0.0124. The number of carbonyl (C=O) groups is 1. The van der Waals surface area contributed by atoms with Gasteiger partial charge in [-0.15, -0.1) is 11.3 Å². The first-order valence-corrected chi connectivity index (χ1v) is 10.7. The molecule has 29 heavy (non-hydrogen) atoms. The predicted molar refractivity (Wildman–Crippen MR) is 120 cm³/mol. The third-order valence-corrected chi connectivity index (χ3v) is 6.23. The molecule has 0 aliphatic heterocycles. The first kappa shape index (κ1) is 21.2. The Morgan fingerprint density at radius 2 is 1.97 bits per heavy atom. The van der Waals surface area contributed by atoms with Gasteiger partial charge in [-0.1, -0.05) is 26.0 Å². The summed E-state index contributed by atoms with van der Waals surface area (Å²) in [5, 5.41) is 7.28. The van der Waals surface area contributed by atoms with E-state index in [0.29, 0.717) is 36.2 Å². The molecule has 0 aliphatic rings. The molecule has 2 N–H and O–H groups in total. The number of ether oxygens (including phenoxy) is 1. The van der Waals surface area contributed by atoms with Gasteiger partial charge in [-0.05, 0) is 42.9 Å². The van der Waals surface area contributed by atoms with Gasteiger partial charge in [-0.2, -0.15) is 0 Å². The Morgan fingerprint density at radius 1 is 1.14 bits per heavy atom. The molecule has 154 valence electrons. The smallest absolute Gasteiger partial charge is 0.207 e. The van der Waals surface area contributed by atoms with Gasteiger partial charge in [-0.25, -0.2) is 0 Å². The number of fused-ring (bicyclic) bond motifs is 2. The topological polar surface area (TPSA) is 70.7 Å². The molecule has 0 saturated carbocycles. The highest BCUT2D eigenvalue weighted by molar-refractivity contribution is 7.24. The lowest BCUT2D eigenvalue weighted by Gasteiger charge is -2.18. The second kappa shape index (κ2) is 10.3. The van der Waals surface area contributed by atoms with Gasteiger partial charge in [0, 0.05) is 39.8 Å². The van der Waals surface area contributed by atoms with Crippen LogP contribution in [0.25, 0.3) is 20.2 Å². The third-order valence-electron chi connectivity index (χ3n) is 4.96. The van der Waals surface area contributed by atoms with Crippen LogP contribution in [0.2, 0.25) is 0 Å². The monoisotopic (exact) mass is 413 g/mol. The van der Waals surface area contributed by atoms with Crippen molar-refractivity contribution in [3.05, 3.63) is 52.2 Å². The number of nitrogens with zero attached hydrogens (tertiary/aromatic N) is 1. The zero-order valence-corrected chi connectivity index (χ0v) is 17.7. The Kier molecular flexibility index (Phi) is 7.57. The lowest BCUT2D eigenvalue weighted by Crippen LogP contribution is -2.33. The highest BCUT2D eigenvalue weighted by Gasteiger charge is 2.10. The van der Waals surface area contributed by atoms with Gasteiger partial charge >= 0.3 is 0 Å². The molecule has 0 unspecified atom stereocenters. The number of likely N-dealkylation sites (N-methyl/N-ethyl adjacent to an activating group) is 1. The Morgan fingerprint density at radius 3 is 2.72 bits per heavy atom. The molecule has 3 rings (SSSR count).